The first-order valence-electron chi connectivity index (χ1n) is 8.20. The monoisotopic (exact) mass is 318 g/mol. The predicted octanol–water partition coefficient (Wildman–Crippen LogP) is 2.45. The zero-order valence-electron chi connectivity index (χ0n) is 13.4. The van der Waals surface area contributed by atoms with E-state index in [1.165, 1.54) is 12.8 Å². The van der Waals surface area contributed by atoms with Crippen LogP contribution in [0.4, 0.5) is 0 Å². The molecule has 0 spiro atoms. The quantitative estimate of drug-likeness (QED) is 0.866. The van der Waals surface area contributed by atoms with E-state index in [4.69, 9.17) is 10.5 Å². The van der Waals surface area contributed by atoms with Crippen LogP contribution in [-0.2, 0) is 9.53 Å². The number of nitrogens with two attached hydrogens (primary N) is 1. The van der Waals surface area contributed by atoms with Crippen LogP contribution in [0.2, 0.25) is 0 Å². The van der Waals surface area contributed by atoms with Gasteiger partial charge in [0.15, 0.2) is 0 Å². The van der Waals surface area contributed by atoms with E-state index in [1.807, 2.05) is 4.90 Å². The van der Waals surface area contributed by atoms with Gasteiger partial charge >= 0.3 is 0 Å². The third kappa shape index (κ3) is 5.42. The molecule has 0 aliphatic carbocycles. The van der Waals surface area contributed by atoms with Crippen molar-refractivity contribution in [2.75, 3.05) is 26.3 Å². The highest BCUT2D eigenvalue weighted by atomic mass is 35.5. The predicted molar refractivity (Wildman–Crippen MR) is 87.5 cm³/mol. The van der Waals surface area contributed by atoms with E-state index in [9.17, 15) is 4.79 Å². The minimum atomic E-state index is -0.323. The third-order valence-corrected chi connectivity index (χ3v) is 4.69. The summed E-state index contributed by atoms with van der Waals surface area (Å²) in [5, 5.41) is 0. The van der Waals surface area contributed by atoms with Gasteiger partial charge in [-0.15, -0.1) is 12.4 Å². The van der Waals surface area contributed by atoms with E-state index in [0.29, 0.717) is 17.8 Å². The fraction of sp³-hybridized carbons (Fsp3) is 0.938. The number of carbonyl (C=O) groups excluding carboxylic acids is 1. The molecule has 2 aliphatic rings. The molecule has 2 rings (SSSR count). The van der Waals surface area contributed by atoms with Gasteiger partial charge in [0, 0.05) is 26.3 Å². The number of ether oxygens (including phenoxy) is 1. The Hall–Kier alpha value is -0.320. The first-order chi connectivity index (χ1) is 9.58. The third-order valence-electron chi connectivity index (χ3n) is 4.69. The Morgan fingerprint density at radius 1 is 1.29 bits per heavy atom. The smallest absolute Gasteiger partial charge is 0.239 e. The molecule has 2 fully saturated rings. The van der Waals surface area contributed by atoms with Crippen molar-refractivity contribution >= 4 is 18.3 Å². The molecule has 2 N–H and O–H groups in total. The van der Waals surface area contributed by atoms with Crippen molar-refractivity contribution in [3.63, 3.8) is 0 Å². The Labute approximate surface area is 135 Å². The Morgan fingerprint density at radius 3 is 2.57 bits per heavy atom. The highest BCUT2D eigenvalue weighted by Crippen LogP contribution is 2.25. The van der Waals surface area contributed by atoms with Gasteiger partial charge in [0.2, 0.25) is 5.91 Å². The molecule has 0 aromatic rings. The van der Waals surface area contributed by atoms with Crippen molar-refractivity contribution in [3.8, 4) is 0 Å². The lowest BCUT2D eigenvalue weighted by atomic mass is 9.87. The van der Waals surface area contributed by atoms with Crippen molar-refractivity contribution in [2.24, 2.45) is 23.5 Å². The highest BCUT2D eigenvalue weighted by molar-refractivity contribution is 5.85. The van der Waals surface area contributed by atoms with Gasteiger partial charge in [0.25, 0.3) is 0 Å². The molecule has 2 heterocycles. The second kappa shape index (κ2) is 8.96. The second-order valence-corrected chi connectivity index (χ2v) is 6.90. The van der Waals surface area contributed by atoms with Gasteiger partial charge in [-0.2, -0.15) is 0 Å². The molecule has 2 aliphatic heterocycles. The molecular formula is C16H31ClN2O2. The van der Waals surface area contributed by atoms with Crippen molar-refractivity contribution in [3.05, 3.63) is 0 Å². The molecule has 5 heteroatoms. The Balaban J connectivity index is 0.00000220. The number of piperidine rings is 1. The van der Waals surface area contributed by atoms with Crippen LogP contribution in [0.5, 0.6) is 0 Å². The molecule has 0 radical (unpaired) electrons. The number of carbonyl (C=O) groups is 1. The average Bonchev–Trinajstić information content (AvgIpc) is 2.46. The van der Waals surface area contributed by atoms with Gasteiger partial charge in [0.1, 0.15) is 0 Å². The summed E-state index contributed by atoms with van der Waals surface area (Å²) in [6, 6.07) is -0.323. The summed E-state index contributed by atoms with van der Waals surface area (Å²) in [4.78, 5) is 14.6. The first kappa shape index (κ1) is 18.7. The lowest BCUT2D eigenvalue weighted by Gasteiger charge is -2.37. The lowest BCUT2D eigenvalue weighted by molar-refractivity contribution is -0.136. The van der Waals surface area contributed by atoms with Crippen LogP contribution in [-0.4, -0.2) is 43.2 Å². The van der Waals surface area contributed by atoms with E-state index >= 15 is 0 Å². The SMILES string of the molecule is CC(C)CC1CCCN(C(=O)C(N)C2CCOCC2)C1.Cl. The highest BCUT2D eigenvalue weighted by Gasteiger charge is 2.32. The Morgan fingerprint density at radius 2 is 1.95 bits per heavy atom. The van der Waals surface area contributed by atoms with E-state index < -0.39 is 0 Å². The van der Waals surface area contributed by atoms with Crippen molar-refractivity contribution in [2.45, 2.75) is 52.0 Å². The molecule has 4 nitrogen and oxygen atoms in total. The van der Waals surface area contributed by atoms with Crippen molar-refractivity contribution < 1.29 is 9.53 Å². The zero-order chi connectivity index (χ0) is 14.5. The maximum atomic E-state index is 12.6. The van der Waals surface area contributed by atoms with Gasteiger partial charge < -0.3 is 15.4 Å². The standard InChI is InChI=1S/C16H30N2O2.ClH/c1-12(2)10-13-4-3-7-18(11-13)16(19)15(17)14-5-8-20-9-6-14;/h12-15H,3-11,17H2,1-2H3;1H. The van der Waals surface area contributed by atoms with E-state index in [2.05, 4.69) is 13.8 Å². The minimum Gasteiger partial charge on any atom is -0.381 e. The molecule has 2 atom stereocenters. The summed E-state index contributed by atoms with van der Waals surface area (Å²) in [7, 11) is 0. The van der Waals surface area contributed by atoms with Gasteiger partial charge in [-0.3, -0.25) is 4.79 Å². The zero-order valence-corrected chi connectivity index (χ0v) is 14.2. The van der Waals surface area contributed by atoms with E-state index in [0.717, 1.165) is 45.6 Å². The van der Waals surface area contributed by atoms with E-state index in [1.54, 1.807) is 0 Å². The number of hydrogen-bond acceptors (Lipinski definition) is 3. The molecule has 0 aromatic carbocycles. The summed E-state index contributed by atoms with van der Waals surface area (Å²) in [5.74, 6) is 1.85. The first-order valence-corrected chi connectivity index (χ1v) is 8.20. The van der Waals surface area contributed by atoms with Crippen LogP contribution >= 0.6 is 12.4 Å². The Kier molecular flexibility index (Phi) is 7.99. The number of hydrogen-bond donors (Lipinski definition) is 1. The number of nitrogens with zero attached hydrogens (tertiary/aromatic N) is 1. The van der Waals surface area contributed by atoms with Crippen LogP contribution in [0, 0.1) is 17.8 Å². The summed E-state index contributed by atoms with van der Waals surface area (Å²) in [6.45, 7) is 7.82. The topological polar surface area (TPSA) is 55.6 Å². The van der Waals surface area contributed by atoms with Gasteiger partial charge in [-0.05, 0) is 49.9 Å². The van der Waals surface area contributed by atoms with Gasteiger partial charge in [-0.25, -0.2) is 0 Å². The van der Waals surface area contributed by atoms with Gasteiger partial charge in [-0.1, -0.05) is 13.8 Å². The summed E-state index contributed by atoms with van der Waals surface area (Å²) >= 11 is 0. The van der Waals surface area contributed by atoms with Gasteiger partial charge in [0.05, 0.1) is 6.04 Å². The summed E-state index contributed by atoms with van der Waals surface area (Å²) in [5.41, 5.74) is 6.22. The molecule has 2 unspecified atom stereocenters. The number of likely N-dealkylation sites (tertiary alicyclic amines) is 1. The lowest BCUT2D eigenvalue weighted by Crippen LogP contribution is -2.51. The average molecular weight is 319 g/mol. The normalized spacial score (nSPS) is 25.5. The number of rotatable bonds is 4. The molecule has 2 saturated heterocycles. The molecular weight excluding hydrogens is 288 g/mol. The number of amides is 1. The number of halogens is 1. The van der Waals surface area contributed by atoms with Crippen LogP contribution in [0.1, 0.15) is 46.0 Å². The maximum absolute atomic E-state index is 12.6. The van der Waals surface area contributed by atoms with Crippen LogP contribution in [0.15, 0.2) is 0 Å². The summed E-state index contributed by atoms with van der Waals surface area (Å²) < 4.78 is 5.36. The second-order valence-electron chi connectivity index (χ2n) is 6.90. The van der Waals surface area contributed by atoms with Crippen molar-refractivity contribution in [1.29, 1.82) is 0 Å². The van der Waals surface area contributed by atoms with Crippen LogP contribution in [0.3, 0.4) is 0 Å². The molecule has 124 valence electrons. The maximum Gasteiger partial charge on any atom is 0.239 e. The summed E-state index contributed by atoms with van der Waals surface area (Å²) in [6.07, 6.45) is 5.46. The van der Waals surface area contributed by atoms with Crippen molar-refractivity contribution in [1.82, 2.24) is 4.90 Å². The van der Waals surface area contributed by atoms with E-state index in [-0.39, 0.29) is 24.4 Å². The fourth-order valence-electron chi connectivity index (χ4n) is 3.61. The van der Waals surface area contributed by atoms with Crippen LogP contribution in [0.25, 0.3) is 0 Å². The molecule has 21 heavy (non-hydrogen) atoms. The molecule has 0 bridgehead atoms. The largest absolute Gasteiger partial charge is 0.381 e. The molecule has 0 aromatic heterocycles. The fourth-order valence-corrected chi connectivity index (χ4v) is 3.61. The minimum absolute atomic E-state index is 0. The molecule has 0 saturated carbocycles. The Bertz CT molecular complexity index is 319. The molecule has 1 amide bonds. The van der Waals surface area contributed by atoms with Crippen LogP contribution < -0.4 is 5.73 Å².